The van der Waals surface area contributed by atoms with Gasteiger partial charge in [0.05, 0.1) is 26.9 Å². The second-order valence-electron chi connectivity index (χ2n) is 7.41. The Kier molecular flexibility index (Phi) is 8.41. The van der Waals surface area contributed by atoms with Crippen LogP contribution in [-0.2, 0) is 17.8 Å². The van der Waals surface area contributed by atoms with Crippen molar-refractivity contribution in [1.82, 2.24) is 10.6 Å². The highest BCUT2D eigenvalue weighted by Gasteiger charge is 2.18. The molecule has 2 N–H and O–H groups in total. The molecular weight excluding hydrogens is 394 g/mol. The predicted molar refractivity (Wildman–Crippen MR) is 122 cm³/mol. The fraction of sp³-hybridized carbons (Fsp3) is 0.458. The standard InChI is InChI=1S/C24H33N3O4/c1-5-30-21-9-7-18(13-23(21)28-4)14-26-24(25-3)27-15-19-8-6-17(2)12-22(19)31-20-10-11-29-16-20/h6-9,12-13,20H,5,10-11,14-16H2,1-4H3,(H2,25,26,27). The van der Waals surface area contributed by atoms with Crippen LogP contribution in [0.4, 0.5) is 0 Å². The fourth-order valence-electron chi connectivity index (χ4n) is 3.38. The number of aryl methyl sites for hydroxylation is 1. The van der Waals surface area contributed by atoms with Gasteiger partial charge >= 0.3 is 0 Å². The summed E-state index contributed by atoms with van der Waals surface area (Å²) in [6.07, 6.45) is 1.04. The van der Waals surface area contributed by atoms with E-state index in [1.165, 1.54) is 5.56 Å². The van der Waals surface area contributed by atoms with Gasteiger partial charge in [-0.1, -0.05) is 18.2 Å². The van der Waals surface area contributed by atoms with Crippen molar-refractivity contribution in [2.45, 2.75) is 39.5 Å². The van der Waals surface area contributed by atoms with E-state index in [1.54, 1.807) is 14.2 Å². The van der Waals surface area contributed by atoms with E-state index in [1.807, 2.05) is 25.1 Å². The van der Waals surface area contributed by atoms with Crippen molar-refractivity contribution in [2.24, 2.45) is 4.99 Å². The molecule has 168 valence electrons. The third kappa shape index (κ3) is 6.52. The summed E-state index contributed by atoms with van der Waals surface area (Å²) in [4.78, 5) is 4.34. The molecule has 2 aromatic carbocycles. The van der Waals surface area contributed by atoms with E-state index < -0.39 is 0 Å². The average molecular weight is 428 g/mol. The molecule has 0 aliphatic carbocycles. The predicted octanol–water partition coefficient (Wildman–Crippen LogP) is 3.44. The van der Waals surface area contributed by atoms with Crippen molar-refractivity contribution in [1.29, 1.82) is 0 Å². The van der Waals surface area contributed by atoms with E-state index in [0.29, 0.717) is 32.3 Å². The van der Waals surface area contributed by atoms with Crippen LogP contribution in [0.3, 0.4) is 0 Å². The first kappa shape index (κ1) is 22.7. The lowest BCUT2D eigenvalue weighted by molar-refractivity contribution is 0.140. The van der Waals surface area contributed by atoms with E-state index in [-0.39, 0.29) is 6.10 Å². The number of rotatable bonds is 9. The molecule has 3 rings (SSSR count). The lowest BCUT2D eigenvalue weighted by atomic mass is 10.1. The SMILES string of the molecule is CCOc1ccc(CNC(=NC)NCc2ccc(C)cc2OC2CCOC2)cc1OC. The molecule has 0 aromatic heterocycles. The Hall–Kier alpha value is -2.93. The van der Waals surface area contributed by atoms with Gasteiger partial charge in [0.15, 0.2) is 17.5 Å². The number of benzene rings is 2. The molecular formula is C24H33N3O4. The van der Waals surface area contributed by atoms with Crippen LogP contribution in [0.1, 0.15) is 30.0 Å². The Morgan fingerprint density at radius 2 is 1.94 bits per heavy atom. The molecule has 1 atom stereocenters. The first-order valence-corrected chi connectivity index (χ1v) is 10.7. The molecule has 0 bridgehead atoms. The Morgan fingerprint density at radius 1 is 1.10 bits per heavy atom. The van der Waals surface area contributed by atoms with Gasteiger partial charge in [0.2, 0.25) is 0 Å². The summed E-state index contributed by atoms with van der Waals surface area (Å²) in [5, 5.41) is 6.72. The average Bonchev–Trinajstić information content (AvgIpc) is 3.29. The largest absolute Gasteiger partial charge is 0.493 e. The Bertz CT molecular complexity index is 879. The maximum Gasteiger partial charge on any atom is 0.191 e. The maximum atomic E-state index is 6.19. The van der Waals surface area contributed by atoms with Crippen LogP contribution in [0.5, 0.6) is 17.2 Å². The van der Waals surface area contributed by atoms with Crippen molar-refractivity contribution in [3.8, 4) is 17.2 Å². The van der Waals surface area contributed by atoms with Gasteiger partial charge in [0, 0.05) is 32.1 Å². The number of nitrogens with one attached hydrogen (secondary N) is 2. The molecule has 1 fully saturated rings. The van der Waals surface area contributed by atoms with Gasteiger partial charge < -0.3 is 29.6 Å². The van der Waals surface area contributed by atoms with Crippen molar-refractivity contribution >= 4 is 5.96 Å². The summed E-state index contributed by atoms with van der Waals surface area (Å²) in [5.41, 5.74) is 3.33. The number of guanidine groups is 1. The van der Waals surface area contributed by atoms with Crippen molar-refractivity contribution in [2.75, 3.05) is 34.0 Å². The topological polar surface area (TPSA) is 73.3 Å². The lowest BCUT2D eigenvalue weighted by Crippen LogP contribution is -2.36. The molecule has 0 saturated carbocycles. The van der Waals surface area contributed by atoms with Gasteiger partial charge in [-0.25, -0.2) is 0 Å². The number of hydrogen-bond donors (Lipinski definition) is 2. The van der Waals surface area contributed by atoms with Crippen molar-refractivity contribution < 1.29 is 18.9 Å². The highest BCUT2D eigenvalue weighted by atomic mass is 16.5. The van der Waals surface area contributed by atoms with Crippen LogP contribution in [0.2, 0.25) is 0 Å². The molecule has 2 aromatic rings. The van der Waals surface area contributed by atoms with E-state index in [2.05, 4.69) is 40.7 Å². The Balaban J connectivity index is 1.58. The minimum absolute atomic E-state index is 0.118. The summed E-state index contributed by atoms with van der Waals surface area (Å²) in [7, 11) is 3.41. The van der Waals surface area contributed by atoms with E-state index in [9.17, 15) is 0 Å². The highest BCUT2D eigenvalue weighted by Crippen LogP contribution is 2.28. The minimum Gasteiger partial charge on any atom is -0.493 e. The first-order valence-electron chi connectivity index (χ1n) is 10.7. The second-order valence-corrected chi connectivity index (χ2v) is 7.41. The molecule has 0 amide bonds. The van der Waals surface area contributed by atoms with E-state index in [0.717, 1.165) is 41.4 Å². The lowest BCUT2D eigenvalue weighted by Gasteiger charge is -2.18. The van der Waals surface area contributed by atoms with Gasteiger partial charge in [0.1, 0.15) is 11.9 Å². The van der Waals surface area contributed by atoms with Crippen LogP contribution in [-0.4, -0.2) is 46.0 Å². The number of aliphatic imine (C=N–C) groups is 1. The number of nitrogens with zero attached hydrogens (tertiary/aromatic N) is 1. The summed E-state index contributed by atoms with van der Waals surface area (Å²) < 4.78 is 22.6. The number of hydrogen-bond acceptors (Lipinski definition) is 5. The zero-order chi connectivity index (χ0) is 22.1. The molecule has 0 spiro atoms. The van der Waals surface area contributed by atoms with Gasteiger partial charge in [-0.05, 0) is 43.2 Å². The summed E-state index contributed by atoms with van der Waals surface area (Å²) >= 11 is 0. The van der Waals surface area contributed by atoms with Crippen LogP contribution in [0.25, 0.3) is 0 Å². The van der Waals surface area contributed by atoms with E-state index in [4.69, 9.17) is 18.9 Å². The summed E-state index contributed by atoms with van der Waals surface area (Å²) in [5.74, 6) is 3.08. The van der Waals surface area contributed by atoms with Crippen molar-refractivity contribution in [3.63, 3.8) is 0 Å². The monoisotopic (exact) mass is 427 g/mol. The van der Waals surface area contributed by atoms with Gasteiger partial charge in [-0.2, -0.15) is 0 Å². The Labute approximate surface area is 184 Å². The molecule has 1 aliphatic heterocycles. The second kappa shape index (κ2) is 11.5. The smallest absolute Gasteiger partial charge is 0.191 e. The third-order valence-corrected chi connectivity index (χ3v) is 5.06. The molecule has 7 nitrogen and oxygen atoms in total. The highest BCUT2D eigenvalue weighted by molar-refractivity contribution is 5.79. The minimum atomic E-state index is 0.118. The molecule has 1 aliphatic rings. The number of ether oxygens (including phenoxy) is 4. The molecule has 1 unspecified atom stereocenters. The van der Waals surface area contributed by atoms with Crippen LogP contribution < -0.4 is 24.8 Å². The fourth-order valence-corrected chi connectivity index (χ4v) is 3.38. The third-order valence-electron chi connectivity index (χ3n) is 5.06. The van der Waals surface area contributed by atoms with Crippen molar-refractivity contribution in [3.05, 3.63) is 53.1 Å². The molecule has 31 heavy (non-hydrogen) atoms. The maximum absolute atomic E-state index is 6.19. The van der Waals surface area contributed by atoms with Gasteiger partial charge in [0.25, 0.3) is 0 Å². The Morgan fingerprint density at radius 3 is 2.65 bits per heavy atom. The van der Waals surface area contributed by atoms with Crippen LogP contribution in [0.15, 0.2) is 41.4 Å². The summed E-state index contributed by atoms with van der Waals surface area (Å²) in [6, 6.07) is 12.2. The molecule has 1 saturated heterocycles. The van der Waals surface area contributed by atoms with Crippen LogP contribution >= 0.6 is 0 Å². The van der Waals surface area contributed by atoms with Gasteiger partial charge in [-0.3, -0.25) is 4.99 Å². The molecule has 1 heterocycles. The molecule has 7 heteroatoms. The zero-order valence-electron chi connectivity index (χ0n) is 18.9. The molecule has 0 radical (unpaired) electrons. The first-order chi connectivity index (χ1) is 15.1. The zero-order valence-corrected chi connectivity index (χ0v) is 18.9. The summed E-state index contributed by atoms with van der Waals surface area (Å²) in [6.45, 7) is 7.25. The quantitative estimate of drug-likeness (QED) is 0.472. The number of methoxy groups -OCH3 is 1. The van der Waals surface area contributed by atoms with Crippen LogP contribution in [0, 0.1) is 6.92 Å². The normalized spacial score (nSPS) is 16.1. The van der Waals surface area contributed by atoms with Gasteiger partial charge in [-0.15, -0.1) is 0 Å². The van der Waals surface area contributed by atoms with E-state index >= 15 is 0 Å².